The highest BCUT2D eigenvalue weighted by atomic mass is 35.5. The lowest BCUT2D eigenvalue weighted by Gasteiger charge is -2.13. The first-order valence-corrected chi connectivity index (χ1v) is 10.4. The van der Waals surface area contributed by atoms with E-state index in [-0.39, 0.29) is 18.4 Å². The molecule has 158 valence electrons. The van der Waals surface area contributed by atoms with Gasteiger partial charge in [0.05, 0.1) is 16.7 Å². The summed E-state index contributed by atoms with van der Waals surface area (Å²) >= 11 is 5.87. The number of hydrogen-bond acceptors (Lipinski definition) is 4. The van der Waals surface area contributed by atoms with Crippen molar-refractivity contribution in [3.05, 3.63) is 100 Å². The number of halogens is 1. The van der Waals surface area contributed by atoms with E-state index in [9.17, 15) is 14.4 Å². The number of esters is 1. The number of aromatic nitrogens is 1. The lowest BCUT2D eigenvalue weighted by atomic mass is 10.1. The lowest BCUT2D eigenvalue weighted by Crippen LogP contribution is -2.31. The van der Waals surface area contributed by atoms with Gasteiger partial charge in [-0.05, 0) is 66.6 Å². The maximum Gasteiger partial charge on any atom is 0.343 e. The Bertz CT molecular complexity index is 1340. The van der Waals surface area contributed by atoms with Crippen LogP contribution >= 0.6 is 11.6 Å². The summed E-state index contributed by atoms with van der Waals surface area (Å²) in [5, 5.41) is 1.40. The molecule has 4 aromatic rings. The molecule has 2 amide bonds. The molecular formula is C25H17ClN2O4. The van der Waals surface area contributed by atoms with Gasteiger partial charge in [0.1, 0.15) is 5.75 Å². The molecule has 0 saturated carbocycles. The molecule has 0 radical (unpaired) electrons. The van der Waals surface area contributed by atoms with Crippen LogP contribution in [0.5, 0.6) is 5.75 Å². The third kappa shape index (κ3) is 3.55. The molecule has 3 aromatic carbocycles. The Morgan fingerprint density at radius 3 is 2.31 bits per heavy atom. The largest absolute Gasteiger partial charge is 0.423 e. The fourth-order valence-electron chi connectivity index (χ4n) is 3.85. The highest BCUT2D eigenvalue weighted by Gasteiger charge is 2.34. The normalized spacial score (nSPS) is 13.0. The SMILES string of the molecule is O=C(Oc1ccc2[nH]cc(CCN3C(=O)c4ccccc4C3=O)c2c1)c1ccc(Cl)cc1. The number of benzene rings is 3. The standard InChI is InChI=1S/C25H17ClN2O4/c26-17-7-5-15(6-8-17)25(31)32-18-9-10-22-21(13-18)16(14-27-22)11-12-28-23(29)19-3-1-2-4-20(19)24(28)30/h1-10,13-14,27H,11-12H2. The van der Waals surface area contributed by atoms with E-state index in [1.165, 1.54) is 4.90 Å². The minimum Gasteiger partial charge on any atom is -0.423 e. The van der Waals surface area contributed by atoms with Crippen LogP contribution in [0.4, 0.5) is 0 Å². The topological polar surface area (TPSA) is 79.5 Å². The van der Waals surface area contributed by atoms with Gasteiger partial charge in [-0.3, -0.25) is 14.5 Å². The number of aromatic amines is 1. The van der Waals surface area contributed by atoms with Crippen LogP contribution in [0, 0.1) is 0 Å². The Morgan fingerprint density at radius 2 is 1.62 bits per heavy atom. The molecule has 6 nitrogen and oxygen atoms in total. The minimum atomic E-state index is -0.482. The van der Waals surface area contributed by atoms with Crippen LogP contribution in [0.25, 0.3) is 10.9 Å². The van der Waals surface area contributed by atoms with E-state index >= 15 is 0 Å². The summed E-state index contributed by atoms with van der Waals surface area (Å²) in [6, 6.07) is 18.6. The molecule has 7 heteroatoms. The summed E-state index contributed by atoms with van der Waals surface area (Å²) in [6.45, 7) is 0.258. The number of nitrogens with zero attached hydrogens (tertiary/aromatic N) is 1. The Morgan fingerprint density at radius 1 is 0.938 bits per heavy atom. The second-order valence-corrected chi connectivity index (χ2v) is 7.91. The summed E-state index contributed by atoms with van der Waals surface area (Å²) in [5.41, 5.74) is 3.06. The number of carbonyl (C=O) groups is 3. The van der Waals surface area contributed by atoms with Gasteiger partial charge in [-0.15, -0.1) is 0 Å². The summed E-state index contributed by atoms with van der Waals surface area (Å²) in [6.07, 6.45) is 2.31. The van der Waals surface area contributed by atoms with Crippen molar-refractivity contribution in [2.75, 3.05) is 6.54 Å². The summed E-state index contributed by atoms with van der Waals surface area (Å²) < 4.78 is 5.51. The van der Waals surface area contributed by atoms with Crippen LogP contribution in [0.2, 0.25) is 5.02 Å². The quantitative estimate of drug-likeness (QED) is 0.270. The summed E-state index contributed by atoms with van der Waals surface area (Å²) in [5.74, 6) is -0.630. The van der Waals surface area contributed by atoms with Crippen LogP contribution in [0.3, 0.4) is 0 Å². The van der Waals surface area contributed by atoms with Gasteiger partial charge in [0.2, 0.25) is 0 Å². The highest BCUT2D eigenvalue weighted by Crippen LogP contribution is 2.27. The van der Waals surface area contributed by atoms with Crippen LogP contribution < -0.4 is 4.74 Å². The number of ether oxygens (including phenoxy) is 1. The Hall–Kier alpha value is -3.90. The van der Waals surface area contributed by atoms with Crippen molar-refractivity contribution in [3.63, 3.8) is 0 Å². The predicted molar refractivity (Wildman–Crippen MR) is 120 cm³/mol. The van der Waals surface area contributed by atoms with E-state index in [1.807, 2.05) is 12.3 Å². The molecule has 1 aliphatic rings. The molecule has 0 atom stereocenters. The van der Waals surface area contributed by atoms with Crippen LogP contribution in [0.15, 0.2) is 72.9 Å². The number of fused-ring (bicyclic) bond motifs is 2. The molecule has 32 heavy (non-hydrogen) atoms. The zero-order valence-electron chi connectivity index (χ0n) is 16.8. The van der Waals surface area contributed by atoms with Crippen molar-refractivity contribution in [3.8, 4) is 5.75 Å². The van der Waals surface area contributed by atoms with Gasteiger partial charge in [-0.25, -0.2) is 4.79 Å². The van der Waals surface area contributed by atoms with Gasteiger partial charge >= 0.3 is 5.97 Å². The third-order valence-electron chi connectivity index (χ3n) is 5.51. The van der Waals surface area contributed by atoms with E-state index in [1.54, 1.807) is 60.7 Å². The van der Waals surface area contributed by atoms with Crippen molar-refractivity contribution in [1.82, 2.24) is 9.88 Å². The minimum absolute atomic E-state index is 0.258. The van der Waals surface area contributed by atoms with E-state index in [0.717, 1.165) is 16.5 Å². The van der Waals surface area contributed by atoms with Crippen LogP contribution in [-0.4, -0.2) is 34.2 Å². The number of rotatable bonds is 5. The number of imide groups is 1. The molecule has 5 rings (SSSR count). The van der Waals surface area contributed by atoms with E-state index in [4.69, 9.17) is 16.3 Å². The molecule has 0 aliphatic carbocycles. The summed E-state index contributed by atoms with van der Waals surface area (Å²) in [4.78, 5) is 42.0. The molecule has 2 heterocycles. The lowest BCUT2D eigenvalue weighted by molar-refractivity contribution is 0.0654. The van der Waals surface area contributed by atoms with Crippen molar-refractivity contribution in [2.45, 2.75) is 6.42 Å². The van der Waals surface area contributed by atoms with Crippen molar-refractivity contribution in [1.29, 1.82) is 0 Å². The van der Waals surface area contributed by atoms with Crippen LogP contribution in [0.1, 0.15) is 36.6 Å². The van der Waals surface area contributed by atoms with Gasteiger partial charge in [0.25, 0.3) is 11.8 Å². The average Bonchev–Trinajstić information content (AvgIpc) is 3.31. The predicted octanol–water partition coefficient (Wildman–Crippen LogP) is 4.88. The van der Waals surface area contributed by atoms with Gasteiger partial charge < -0.3 is 9.72 Å². The third-order valence-corrected chi connectivity index (χ3v) is 5.76. The molecule has 0 saturated heterocycles. The fraction of sp³-hybridized carbons (Fsp3) is 0.0800. The monoisotopic (exact) mass is 444 g/mol. The van der Waals surface area contributed by atoms with Crippen molar-refractivity contribution >= 4 is 40.3 Å². The van der Waals surface area contributed by atoms with Gasteiger partial charge in [-0.1, -0.05) is 23.7 Å². The first-order chi connectivity index (χ1) is 15.5. The molecule has 1 aromatic heterocycles. The number of nitrogens with one attached hydrogen (secondary N) is 1. The molecule has 1 N–H and O–H groups in total. The van der Waals surface area contributed by atoms with E-state index in [2.05, 4.69) is 4.98 Å². The Labute approximate surface area is 188 Å². The second-order valence-electron chi connectivity index (χ2n) is 7.48. The Kier molecular flexibility index (Phi) is 4.99. The second kappa shape index (κ2) is 7.98. The molecular weight excluding hydrogens is 428 g/mol. The molecule has 0 unspecified atom stereocenters. The van der Waals surface area contributed by atoms with Gasteiger partial charge in [-0.2, -0.15) is 0 Å². The smallest absolute Gasteiger partial charge is 0.343 e. The highest BCUT2D eigenvalue weighted by molar-refractivity contribution is 6.30. The summed E-state index contributed by atoms with van der Waals surface area (Å²) in [7, 11) is 0. The average molecular weight is 445 g/mol. The zero-order chi connectivity index (χ0) is 22.2. The van der Waals surface area contributed by atoms with E-state index in [0.29, 0.717) is 33.9 Å². The van der Waals surface area contributed by atoms with Crippen molar-refractivity contribution < 1.29 is 19.1 Å². The number of H-pyrrole nitrogens is 1. The molecule has 0 spiro atoms. The number of amides is 2. The van der Waals surface area contributed by atoms with Crippen LogP contribution in [-0.2, 0) is 6.42 Å². The van der Waals surface area contributed by atoms with Crippen molar-refractivity contribution in [2.24, 2.45) is 0 Å². The Balaban J connectivity index is 1.33. The first-order valence-electron chi connectivity index (χ1n) is 10.0. The number of carbonyl (C=O) groups excluding carboxylic acids is 3. The number of hydrogen-bond donors (Lipinski definition) is 1. The van der Waals surface area contributed by atoms with Gasteiger partial charge in [0.15, 0.2) is 0 Å². The maximum atomic E-state index is 12.6. The van der Waals surface area contributed by atoms with E-state index < -0.39 is 5.97 Å². The molecule has 0 fully saturated rings. The molecule has 1 aliphatic heterocycles. The molecule has 0 bridgehead atoms. The maximum absolute atomic E-state index is 12.6. The van der Waals surface area contributed by atoms with Gasteiger partial charge in [0, 0.05) is 28.7 Å². The zero-order valence-corrected chi connectivity index (χ0v) is 17.6. The first kappa shape index (κ1) is 20.0. The fourth-order valence-corrected chi connectivity index (χ4v) is 3.98.